The second-order valence-electron chi connectivity index (χ2n) is 6.02. The molecule has 2 heterocycles. The molecule has 23 heavy (non-hydrogen) atoms. The summed E-state index contributed by atoms with van der Waals surface area (Å²) >= 11 is 6.12. The molecule has 126 valence electrons. The van der Waals surface area contributed by atoms with Crippen molar-refractivity contribution in [3.8, 4) is 5.75 Å². The first-order valence-corrected chi connectivity index (χ1v) is 8.52. The largest absolute Gasteiger partial charge is 0.495 e. The summed E-state index contributed by atoms with van der Waals surface area (Å²) in [5.41, 5.74) is 0.998. The first kappa shape index (κ1) is 16.4. The lowest BCUT2D eigenvalue weighted by Crippen LogP contribution is -2.51. The van der Waals surface area contributed by atoms with Gasteiger partial charge in [0, 0.05) is 50.3 Å². The molecule has 2 aliphatic rings. The quantitative estimate of drug-likeness (QED) is 0.849. The van der Waals surface area contributed by atoms with Gasteiger partial charge in [-0.25, -0.2) is 0 Å². The molecule has 0 saturated carbocycles. The molecule has 0 N–H and O–H groups in total. The Labute approximate surface area is 142 Å². The Bertz CT molecular complexity index is 553. The Hall–Kier alpha value is -1.46. The van der Waals surface area contributed by atoms with Crippen LogP contribution in [0.2, 0.25) is 5.02 Å². The first-order valence-electron chi connectivity index (χ1n) is 8.14. The third kappa shape index (κ3) is 3.72. The summed E-state index contributed by atoms with van der Waals surface area (Å²) < 4.78 is 10.8. The summed E-state index contributed by atoms with van der Waals surface area (Å²) in [5, 5.41) is 0.696. The van der Waals surface area contributed by atoms with Crippen molar-refractivity contribution in [1.29, 1.82) is 0 Å². The molecule has 0 radical (unpaired) electrons. The summed E-state index contributed by atoms with van der Waals surface area (Å²) in [6, 6.07) is 5.64. The van der Waals surface area contributed by atoms with Crippen LogP contribution in [0.15, 0.2) is 18.2 Å². The van der Waals surface area contributed by atoms with E-state index in [2.05, 4.69) is 4.90 Å². The number of benzene rings is 1. The van der Waals surface area contributed by atoms with Crippen molar-refractivity contribution in [3.63, 3.8) is 0 Å². The zero-order valence-corrected chi connectivity index (χ0v) is 14.2. The summed E-state index contributed by atoms with van der Waals surface area (Å²) in [5.74, 6) is 1.24. The normalized spacial score (nSPS) is 19.7. The fraction of sp³-hybridized carbons (Fsp3) is 0.588. The maximum Gasteiger partial charge on any atom is 0.225 e. The van der Waals surface area contributed by atoms with Crippen molar-refractivity contribution in [1.82, 2.24) is 4.90 Å². The second kappa shape index (κ2) is 7.41. The minimum atomic E-state index is 0.135. The number of nitrogens with zero attached hydrogens (tertiary/aromatic N) is 2. The van der Waals surface area contributed by atoms with E-state index in [4.69, 9.17) is 21.1 Å². The summed E-state index contributed by atoms with van der Waals surface area (Å²) in [7, 11) is 1.66. The van der Waals surface area contributed by atoms with Crippen LogP contribution in [0.1, 0.15) is 12.8 Å². The van der Waals surface area contributed by atoms with Crippen molar-refractivity contribution in [2.75, 3.05) is 51.4 Å². The van der Waals surface area contributed by atoms with Gasteiger partial charge in [0.05, 0.1) is 12.8 Å². The number of amides is 1. The highest BCUT2D eigenvalue weighted by molar-refractivity contribution is 6.30. The molecule has 2 saturated heterocycles. The highest BCUT2D eigenvalue weighted by Crippen LogP contribution is 2.32. The molecule has 2 fully saturated rings. The van der Waals surface area contributed by atoms with Gasteiger partial charge in [-0.1, -0.05) is 11.6 Å². The third-order valence-corrected chi connectivity index (χ3v) is 4.88. The number of methoxy groups -OCH3 is 1. The number of piperazine rings is 1. The molecule has 6 heteroatoms. The molecule has 3 rings (SSSR count). The van der Waals surface area contributed by atoms with Crippen molar-refractivity contribution in [2.24, 2.45) is 5.92 Å². The van der Waals surface area contributed by atoms with Crippen LogP contribution >= 0.6 is 11.6 Å². The van der Waals surface area contributed by atoms with E-state index in [9.17, 15) is 4.79 Å². The van der Waals surface area contributed by atoms with E-state index in [1.807, 2.05) is 23.1 Å². The fourth-order valence-corrected chi connectivity index (χ4v) is 3.45. The van der Waals surface area contributed by atoms with Gasteiger partial charge in [-0.3, -0.25) is 4.79 Å². The van der Waals surface area contributed by atoms with Gasteiger partial charge in [-0.2, -0.15) is 0 Å². The van der Waals surface area contributed by atoms with Crippen molar-refractivity contribution in [3.05, 3.63) is 23.2 Å². The van der Waals surface area contributed by atoms with Crippen LogP contribution < -0.4 is 9.64 Å². The predicted molar refractivity (Wildman–Crippen MR) is 90.3 cm³/mol. The Morgan fingerprint density at radius 3 is 2.57 bits per heavy atom. The van der Waals surface area contributed by atoms with Crippen molar-refractivity contribution >= 4 is 23.2 Å². The van der Waals surface area contributed by atoms with Crippen LogP contribution in [-0.2, 0) is 9.53 Å². The molecule has 0 atom stereocenters. The van der Waals surface area contributed by atoms with Gasteiger partial charge in [-0.05, 0) is 31.0 Å². The van der Waals surface area contributed by atoms with Crippen LogP contribution in [0.4, 0.5) is 5.69 Å². The van der Waals surface area contributed by atoms with Crippen LogP contribution in [-0.4, -0.2) is 57.3 Å². The number of carbonyl (C=O) groups excluding carboxylic acids is 1. The van der Waals surface area contributed by atoms with Gasteiger partial charge in [0.25, 0.3) is 0 Å². The average molecular weight is 339 g/mol. The second-order valence-corrected chi connectivity index (χ2v) is 6.45. The van der Waals surface area contributed by atoms with E-state index in [1.54, 1.807) is 7.11 Å². The Morgan fingerprint density at radius 2 is 1.91 bits per heavy atom. The van der Waals surface area contributed by atoms with E-state index in [0.717, 1.165) is 50.5 Å². The first-order chi connectivity index (χ1) is 11.2. The van der Waals surface area contributed by atoms with Gasteiger partial charge >= 0.3 is 0 Å². The predicted octanol–water partition coefficient (Wildman–Crippen LogP) is 2.42. The van der Waals surface area contributed by atoms with Crippen LogP contribution in [0.25, 0.3) is 0 Å². The maximum absolute atomic E-state index is 12.6. The molecule has 0 spiro atoms. The van der Waals surface area contributed by atoms with Crippen LogP contribution in [0.5, 0.6) is 5.75 Å². The standard InChI is InChI=1S/C17H23ClN2O3/c1-22-16-3-2-14(18)12-15(16)19-6-8-20(9-7-19)17(21)13-4-10-23-11-5-13/h2-3,12-13H,4-11H2,1H3. The molecule has 2 aliphatic heterocycles. The lowest BCUT2D eigenvalue weighted by molar-refractivity contribution is -0.138. The van der Waals surface area contributed by atoms with E-state index in [0.29, 0.717) is 18.2 Å². The molecule has 0 bridgehead atoms. The van der Waals surface area contributed by atoms with Gasteiger partial charge in [0.2, 0.25) is 5.91 Å². The van der Waals surface area contributed by atoms with Crippen LogP contribution in [0, 0.1) is 5.92 Å². The number of anilines is 1. The zero-order chi connectivity index (χ0) is 16.2. The Kier molecular flexibility index (Phi) is 5.28. The topological polar surface area (TPSA) is 42.0 Å². The summed E-state index contributed by atoms with van der Waals surface area (Å²) in [6.45, 7) is 4.49. The van der Waals surface area contributed by atoms with Crippen molar-refractivity contribution in [2.45, 2.75) is 12.8 Å². The van der Waals surface area contributed by atoms with E-state index in [-0.39, 0.29) is 11.8 Å². The average Bonchev–Trinajstić information content (AvgIpc) is 2.62. The van der Waals surface area contributed by atoms with E-state index >= 15 is 0 Å². The number of halogens is 1. The molecule has 1 amide bonds. The zero-order valence-electron chi connectivity index (χ0n) is 13.5. The number of ether oxygens (including phenoxy) is 2. The van der Waals surface area contributed by atoms with E-state index < -0.39 is 0 Å². The van der Waals surface area contributed by atoms with Crippen LogP contribution in [0.3, 0.4) is 0 Å². The number of rotatable bonds is 3. The fourth-order valence-electron chi connectivity index (χ4n) is 3.28. The van der Waals surface area contributed by atoms with Gasteiger partial charge in [0.15, 0.2) is 0 Å². The highest BCUT2D eigenvalue weighted by atomic mass is 35.5. The number of carbonyl (C=O) groups is 1. The lowest BCUT2D eigenvalue weighted by atomic mass is 9.98. The van der Waals surface area contributed by atoms with Gasteiger partial charge < -0.3 is 19.3 Å². The highest BCUT2D eigenvalue weighted by Gasteiger charge is 2.29. The summed E-state index contributed by atoms with van der Waals surface area (Å²) in [4.78, 5) is 16.8. The SMILES string of the molecule is COc1ccc(Cl)cc1N1CCN(C(=O)C2CCOCC2)CC1. The number of hydrogen-bond donors (Lipinski definition) is 0. The van der Waals surface area contributed by atoms with Gasteiger partial charge in [0.1, 0.15) is 5.75 Å². The smallest absolute Gasteiger partial charge is 0.225 e. The molecule has 5 nitrogen and oxygen atoms in total. The minimum Gasteiger partial charge on any atom is -0.495 e. The molecule has 1 aromatic rings. The van der Waals surface area contributed by atoms with Gasteiger partial charge in [-0.15, -0.1) is 0 Å². The maximum atomic E-state index is 12.6. The molecule has 0 aliphatic carbocycles. The van der Waals surface area contributed by atoms with Crippen molar-refractivity contribution < 1.29 is 14.3 Å². The Balaban J connectivity index is 1.62. The lowest BCUT2D eigenvalue weighted by Gasteiger charge is -2.38. The number of hydrogen-bond acceptors (Lipinski definition) is 4. The van der Waals surface area contributed by atoms with E-state index in [1.165, 1.54) is 0 Å². The molecule has 0 aromatic heterocycles. The molecular formula is C17H23ClN2O3. The molecule has 1 aromatic carbocycles. The molecule has 0 unspecified atom stereocenters. The molecular weight excluding hydrogens is 316 g/mol. The third-order valence-electron chi connectivity index (χ3n) is 4.64. The Morgan fingerprint density at radius 1 is 1.22 bits per heavy atom. The summed E-state index contributed by atoms with van der Waals surface area (Å²) in [6.07, 6.45) is 1.70. The minimum absolute atomic E-state index is 0.135. The monoisotopic (exact) mass is 338 g/mol.